The lowest BCUT2D eigenvalue weighted by molar-refractivity contribution is 0.00744. The molecule has 0 bridgehead atoms. The quantitative estimate of drug-likeness (QED) is 0.844. The smallest absolute Gasteiger partial charge is 0.0640 e. The van der Waals surface area contributed by atoms with Crippen molar-refractivity contribution >= 4 is 0 Å². The van der Waals surface area contributed by atoms with Crippen LogP contribution in [0.2, 0.25) is 0 Å². The number of rotatable bonds is 5. The van der Waals surface area contributed by atoms with Gasteiger partial charge in [-0.05, 0) is 57.9 Å². The van der Waals surface area contributed by atoms with E-state index in [2.05, 4.69) is 51.2 Å². The number of ether oxygens (including phenoxy) is 1. The SMILES string of the molecule is CNC(CC(C)(C)OC)c1ccc(C)c(C)c1. The van der Waals surface area contributed by atoms with Gasteiger partial charge in [0.15, 0.2) is 0 Å². The van der Waals surface area contributed by atoms with Gasteiger partial charge >= 0.3 is 0 Å². The predicted molar refractivity (Wildman–Crippen MR) is 73.4 cm³/mol. The maximum Gasteiger partial charge on any atom is 0.0640 e. The number of methoxy groups -OCH3 is 1. The highest BCUT2D eigenvalue weighted by atomic mass is 16.5. The van der Waals surface area contributed by atoms with Crippen LogP contribution in [0.5, 0.6) is 0 Å². The molecule has 1 unspecified atom stereocenters. The van der Waals surface area contributed by atoms with E-state index < -0.39 is 0 Å². The third-order valence-electron chi connectivity index (χ3n) is 3.53. The molecule has 1 aromatic rings. The van der Waals surface area contributed by atoms with Crippen molar-refractivity contribution in [3.8, 4) is 0 Å². The number of benzene rings is 1. The molecule has 0 aromatic heterocycles. The molecule has 0 saturated carbocycles. The van der Waals surface area contributed by atoms with Crippen LogP contribution in [0.3, 0.4) is 0 Å². The second-order valence-electron chi connectivity index (χ2n) is 5.35. The van der Waals surface area contributed by atoms with Gasteiger partial charge in [-0.25, -0.2) is 0 Å². The van der Waals surface area contributed by atoms with Crippen LogP contribution in [0.15, 0.2) is 18.2 Å². The molecule has 2 nitrogen and oxygen atoms in total. The zero-order valence-corrected chi connectivity index (χ0v) is 11.9. The van der Waals surface area contributed by atoms with E-state index in [4.69, 9.17) is 4.74 Å². The summed E-state index contributed by atoms with van der Waals surface area (Å²) < 4.78 is 5.51. The summed E-state index contributed by atoms with van der Waals surface area (Å²) in [7, 11) is 3.78. The molecule has 1 rings (SSSR count). The Balaban J connectivity index is 2.90. The molecule has 0 aliphatic carbocycles. The summed E-state index contributed by atoms with van der Waals surface area (Å²) in [6.45, 7) is 8.55. The summed E-state index contributed by atoms with van der Waals surface area (Å²) in [4.78, 5) is 0. The molecule has 17 heavy (non-hydrogen) atoms. The minimum absolute atomic E-state index is 0.105. The first-order valence-electron chi connectivity index (χ1n) is 6.19. The van der Waals surface area contributed by atoms with Crippen LogP contribution in [0.25, 0.3) is 0 Å². The first-order chi connectivity index (χ1) is 7.89. The van der Waals surface area contributed by atoms with Crippen LogP contribution in [0.1, 0.15) is 43.0 Å². The Bertz CT molecular complexity index is 371. The van der Waals surface area contributed by atoms with Gasteiger partial charge in [-0.1, -0.05) is 18.2 Å². The van der Waals surface area contributed by atoms with E-state index in [1.54, 1.807) is 7.11 Å². The Labute approximate surface area is 105 Å². The van der Waals surface area contributed by atoms with Crippen LogP contribution in [0, 0.1) is 13.8 Å². The average Bonchev–Trinajstić information content (AvgIpc) is 2.30. The van der Waals surface area contributed by atoms with Gasteiger partial charge in [0.25, 0.3) is 0 Å². The van der Waals surface area contributed by atoms with Crippen LogP contribution in [0.4, 0.5) is 0 Å². The van der Waals surface area contributed by atoms with Crippen LogP contribution in [-0.4, -0.2) is 19.8 Å². The van der Waals surface area contributed by atoms with Crippen molar-refractivity contribution in [2.24, 2.45) is 0 Å². The fourth-order valence-electron chi connectivity index (χ4n) is 1.94. The Morgan fingerprint density at radius 2 is 1.88 bits per heavy atom. The second-order valence-corrected chi connectivity index (χ2v) is 5.35. The van der Waals surface area contributed by atoms with Crippen LogP contribution in [-0.2, 0) is 4.74 Å². The molecule has 0 spiro atoms. The number of hydrogen-bond donors (Lipinski definition) is 1. The lowest BCUT2D eigenvalue weighted by Crippen LogP contribution is -2.30. The first kappa shape index (κ1) is 14.2. The van der Waals surface area contributed by atoms with Crippen molar-refractivity contribution in [3.63, 3.8) is 0 Å². The van der Waals surface area contributed by atoms with Crippen molar-refractivity contribution in [1.29, 1.82) is 0 Å². The monoisotopic (exact) mass is 235 g/mol. The maximum atomic E-state index is 5.51. The molecule has 2 heteroatoms. The minimum atomic E-state index is -0.105. The number of aryl methyl sites for hydroxylation is 2. The van der Waals surface area contributed by atoms with Gasteiger partial charge in [0.1, 0.15) is 0 Å². The summed E-state index contributed by atoms with van der Waals surface area (Å²) in [5.41, 5.74) is 3.92. The van der Waals surface area contributed by atoms with Gasteiger partial charge in [-0.15, -0.1) is 0 Å². The molecule has 0 saturated heterocycles. The molecule has 0 aliphatic heterocycles. The molecule has 0 heterocycles. The zero-order valence-electron chi connectivity index (χ0n) is 11.9. The Morgan fingerprint density at radius 1 is 1.24 bits per heavy atom. The van der Waals surface area contributed by atoms with E-state index in [1.165, 1.54) is 16.7 Å². The van der Waals surface area contributed by atoms with Crippen molar-refractivity contribution in [1.82, 2.24) is 5.32 Å². The van der Waals surface area contributed by atoms with Crippen molar-refractivity contribution in [3.05, 3.63) is 34.9 Å². The van der Waals surface area contributed by atoms with Gasteiger partial charge in [0, 0.05) is 13.2 Å². The van der Waals surface area contributed by atoms with Crippen molar-refractivity contribution < 1.29 is 4.74 Å². The summed E-state index contributed by atoms with van der Waals surface area (Å²) >= 11 is 0. The summed E-state index contributed by atoms with van der Waals surface area (Å²) in [5, 5.41) is 3.38. The van der Waals surface area contributed by atoms with Crippen LogP contribution >= 0.6 is 0 Å². The zero-order chi connectivity index (χ0) is 13.1. The molecular formula is C15H25NO. The van der Waals surface area contributed by atoms with Gasteiger partial charge < -0.3 is 10.1 Å². The van der Waals surface area contributed by atoms with Gasteiger partial charge in [-0.3, -0.25) is 0 Å². The van der Waals surface area contributed by atoms with Crippen molar-refractivity contribution in [2.75, 3.05) is 14.2 Å². The normalized spacial score (nSPS) is 13.8. The van der Waals surface area contributed by atoms with Crippen LogP contribution < -0.4 is 5.32 Å². The lowest BCUT2D eigenvalue weighted by atomic mass is 9.92. The van der Waals surface area contributed by atoms with E-state index in [0.29, 0.717) is 6.04 Å². The predicted octanol–water partition coefficient (Wildman–Crippen LogP) is 3.38. The van der Waals surface area contributed by atoms with E-state index >= 15 is 0 Å². The molecule has 0 amide bonds. The Hall–Kier alpha value is -0.860. The molecule has 1 atom stereocenters. The number of hydrogen-bond acceptors (Lipinski definition) is 2. The molecule has 0 aliphatic rings. The molecule has 1 N–H and O–H groups in total. The lowest BCUT2D eigenvalue weighted by Gasteiger charge is -2.29. The first-order valence-corrected chi connectivity index (χ1v) is 6.19. The summed E-state index contributed by atoms with van der Waals surface area (Å²) in [6.07, 6.45) is 0.961. The highest BCUT2D eigenvalue weighted by Crippen LogP contribution is 2.26. The summed E-state index contributed by atoms with van der Waals surface area (Å²) in [6, 6.07) is 7.00. The molecule has 0 fully saturated rings. The fourth-order valence-corrected chi connectivity index (χ4v) is 1.94. The Morgan fingerprint density at radius 3 is 2.35 bits per heavy atom. The highest BCUT2D eigenvalue weighted by Gasteiger charge is 2.23. The number of nitrogens with one attached hydrogen (secondary N) is 1. The average molecular weight is 235 g/mol. The van der Waals surface area contributed by atoms with Gasteiger partial charge in [0.2, 0.25) is 0 Å². The maximum absolute atomic E-state index is 5.51. The standard InChI is InChI=1S/C15H25NO/c1-11-7-8-13(9-12(11)2)14(16-5)10-15(3,4)17-6/h7-9,14,16H,10H2,1-6H3. The van der Waals surface area contributed by atoms with Crippen molar-refractivity contribution in [2.45, 2.75) is 45.8 Å². The minimum Gasteiger partial charge on any atom is -0.379 e. The molecule has 96 valence electrons. The van der Waals surface area contributed by atoms with E-state index in [1.807, 2.05) is 7.05 Å². The topological polar surface area (TPSA) is 21.3 Å². The summed E-state index contributed by atoms with van der Waals surface area (Å²) in [5.74, 6) is 0. The van der Waals surface area contributed by atoms with Gasteiger partial charge in [0.05, 0.1) is 5.60 Å². The third kappa shape index (κ3) is 3.83. The fraction of sp³-hybridized carbons (Fsp3) is 0.600. The second kappa shape index (κ2) is 5.65. The third-order valence-corrected chi connectivity index (χ3v) is 3.53. The molecule has 0 radical (unpaired) electrons. The van der Waals surface area contributed by atoms with E-state index in [9.17, 15) is 0 Å². The molecular weight excluding hydrogens is 210 g/mol. The highest BCUT2D eigenvalue weighted by molar-refractivity contribution is 5.31. The van der Waals surface area contributed by atoms with E-state index in [-0.39, 0.29) is 5.60 Å². The molecule has 1 aromatic carbocycles. The van der Waals surface area contributed by atoms with Gasteiger partial charge in [-0.2, -0.15) is 0 Å². The Kier molecular flexibility index (Phi) is 4.72. The largest absolute Gasteiger partial charge is 0.379 e. The van der Waals surface area contributed by atoms with E-state index in [0.717, 1.165) is 6.42 Å².